The Bertz CT molecular complexity index is 2240. The SMILES string of the molecule is CC[C@H](C)[C@H](NC(=O)[C@H](CC(=O)O)NC(=O)[C@H](CC(C)C)NC(=O)[C@H](Cc1cnc[nH]1)NC(=O)[C@H](CS)NC(=O)[C@@H](N)Cc1ccccc1)C(=O)N[C@H](C(=O)N[C@@H](Cc1ccccc1)C(=O)O)[C@@H](C)CC. The molecule has 71 heavy (non-hydrogen) atoms. The van der Waals surface area contributed by atoms with Gasteiger partial charge < -0.3 is 58.1 Å². The highest BCUT2D eigenvalue weighted by Crippen LogP contribution is 2.15. The second-order valence-electron chi connectivity index (χ2n) is 18.1. The first-order valence-corrected chi connectivity index (χ1v) is 24.3. The molecule has 0 saturated heterocycles. The molecule has 10 atom stereocenters. The lowest BCUT2D eigenvalue weighted by Gasteiger charge is -2.31. The van der Waals surface area contributed by atoms with E-state index < -0.39 is 120 Å². The summed E-state index contributed by atoms with van der Waals surface area (Å²) in [6.07, 6.45) is 2.57. The van der Waals surface area contributed by atoms with Gasteiger partial charge in [-0.1, -0.05) is 115 Å². The molecule has 0 unspecified atom stereocenters. The number of aliphatic carboxylic acids is 2. The topological polar surface area (TPSA) is 333 Å². The highest BCUT2D eigenvalue weighted by atomic mass is 32.1. The van der Waals surface area contributed by atoms with E-state index in [9.17, 15) is 53.4 Å². The fourth-order valence-electron chi connectivity index (χ4n) is 7.37. The van der Waals surface area contributed by atoms with Crippen molar-refractivity contribution < 1.29 is 53.4 Å². The van der Waals surface area contributed by atoms with Crippen molar-refractivity contribution in [3.8, 4) is 0 Å². The maximum absolute atomic E-state index is 14.1. The lowest BCUT2D eigenvalue weighted by Crippen LogP contribution is -2.62. The molecule has 0 aliphatic carbocycles. The van der Waals surface area contributed by atoms with E-state index in [0.717, 1.165) is 5.56 Å². The van der Waals surface area contributed by atoms with Crippen LogP contribution >= 0.6 is 12.6 Å². The number of carboxylic acids is 2. The van der Waals surface area contributed by atoms with Crippen molar-refractivity contribution in [1.82, 2.24) is 47.2 Å². The Hall–Kier alpha value is -6.81. The van der Waals surface area contributed by atoms with Gasteiger partial charge >= 0.3 is 11.9 Å². The van der Waals surface area contributed by atoms with Gasteiger partial charge in [0.2, 0.25) is 41.4 Å². The predicted octanol–water partition coefficient (Wildman–Crippen LogP) is 0.786. The molecule has 0 bridgehead atoms. The molecule has 0 fully saturated rings. The van der Waals surface area contributed by atoms with Crippen LogP contribution in [-0.4, -0.2) is 128 Å². The summed E-state index contributed by atoms with van der Waals surface area (Å²) in [6.45, 7) is 10.4. The number of nitrogens with zero attached hydrogens (tertiary/aromatic N) is 1. The molecule has 3 aromatic rings. The van der Waals surface area contributed by atoms with Crippen molar-refractivity contribution in [2.45, 2.75) is 135 Å². The monoisotopic (exact) mass is 1010 g/mol. The minimum absolute atomic E-state index is 0.0105. The Labute approximate surface area is 419 Å². The molecule has 1 heterocycles. The Kier molecular flexibility index (Phi) is 24.2. The van der Waals surface area contributed by atoms with Crippen LogP contribution in [0.5, 0.6) is 0 Å². The molecule has 0 spiro atoms. The Morgan fingerprint density at radius 2 is 1.03 bits per heavy atom. The minimum atomic E-state index is -1.78. The number of nitrogens with two attached hydrogens (primary N) is 1. The zero-order valence-corrected chi connectivity index (χ0v) is 41.9. The molecular weight excluding hydrogens is 937 g/mol. The lowest BCUT2D eigenvalue weighted by molar-refractivity contribution is -0.142. The second-order valence-corrected chi connectivity index (χ2v) is 18.4. The summed E-state index contributed by atoms with van der Waals surface area (Å²) in [4.78, 5) is 128. The van der Waals surface area contributed by atoms with Crippen molar-refractivity contribution in [3.05, 3.63) is 90.0 Å². The van der Waals surface area contributed by atoms with E-state index in [1.54, 1.807) is 96.1 Å². The van der Waals surface area contributed by atoms with Crippen molar-refractivity contribution in [2.75, 3.05) is 5.75 Å². The normalized spacial score (nSPS) is 15.4. The number of imidazole rings is 1. The van der Waals surface area contributed by atoms with Crippen LogP contribution in [0.3, 0.4) is 0 Å². The summed E-state index contributed by atoms with van der Waals surface area (Å²) in [5.41, 5.74) is 8.03. The van der Waals surface area contributed by atoms with Crippen LogP contribution in [0.1, 0.15) is 84.0 Å². The number of carboxylic acid groups (broad SMARTS) is 2. The van der Waals surface area contributed by atoms with Crippen LogP contribution in [0.25, 0.3) is 0 Å². The number of nitrogens with one attached hydrogen (secondary N) is 8. The molecular formula is C49H70N10O11S. The molecule has 388 valence electrons. The first kappa shape index (κ1) is 58.5. The average Bonchev–Trinajstić information content (AvgIpc) is 3.85. The summed E-state index contributed by atoms with van der Waals surface area (Å²) in [5, 5.41) is 37.9. The number of aromatic nitrogens is 2. The number of H-pyrrole nitrogens is 1. The van der Waals surface area contributed by atoms with Gasteiger partial charge in [-0.3, -0.25) is 38.4 Å². The van der Waals surface area contributed by atoms with E-state index >= 15 is 0 Å². The maximum Gasteiger partial charge on any atom is 0.326 e. The van der Waals surface area contributed by atoms with Gasteiger partial charge in [0.1, 0.15) is 42.3 Å². The molecule has 21 nitrogen and oxygen atoms in total. The van der Waals surface area contributed by atoms with Crippen LogP contribution in [0, 0.1) is 17.8 Å². The van der Waals surface area contributed by atoms with Gasteiger partial charge in [-0.05, 0) is 41.7 Å². The summed E-state index contributed by atoms with van der Waals surface area (Å²) in [6, 6.07) is 7.00. The standard InChI is InChI=1S/C49H70N10O11S/c1-7-28(5)40(47(67)56-37(49(69)70)21-31-17-13-10-14-18-31)59-48(68)41(29(6)8-2)58-45(65)36(23-39(60)61)55-43(63)34(19-27(3)4)53-44(64)35(22-32-24-51-26-52-32)54-46(66)38(25-71)57-42(62)33(50)20-30-15-11-9-12-16-30/h9-18,24,26-29,33-38,40-41,71H,7-8,19-23,25,50H2,1-6H3,(H,51,52)(H,53,64)(H,54,66)(H,55,63)(H,56,67)(H,57,62)(H,58,65)(H,59,68)(H,60,61)(H,69,70)/t28-,29-,33-,34-,35-,36-,37-,38-,40-,41-/m0/s1. The summed E-state index contributed by atoms with van der Waals surface area (Å²) in [7, 11) is 0. The van der Waals surface area contributed by atoms with E-state index in [-0.39, 0.29) is 37.4 Å². The van der Waals surface area contributed by atoms with E-state index in [0.29, 0.717) is 24.1 Å². The van der Waals surface area contributed by atoms with Crippen LogP contribution in [-0.2, 0) is 62.4 Å². The molecule has 3 rings (SSSR count). The van der Waals surface area contributed by atoms with Crippen molar-refractivity contribution >= 4 is 65.9 Å². The fraction of sp³-hybridized carbons (Fsp3) is 0.510. The number of aromatic amines is 1. The number of amides is 7. The fourth-order valence-corrected chi connectivity index (χ4v) is 7.63. The average molecular weight is 1010 g/mol. The van der Waals surface area contributed by atoms with Gasteiger partial charge in [0, 0.05) is 30.5 Å². The first-order chi connectivity index (χ1) is 33.7. The van der Waals surface area contributed by atoms with Gasteiger partial charge in [0.15, 0.2) is 0 Å². The van der Waals surface area contributed by atoms with Gasteiger partial charge in [-0.25, -0.2) is 9.78 Å². The van der Waals surface area contributed by atoms with E-state index in [4.69, 9.17) is 5.73 Å². The third-order valence-corrected chi connectivity index (χ3v) is 12.3. The third-order valence-electron chi connectivity index (χ3n) is 11.9. The number of rotatable bonds is 30. The van der Waals surface area contributed by atoms with Crippen LogP contribution in [0.4, 0.5) is 0 Å². The number of carbonyl (C=O) groups excluding carboxylic acids is 7. The van der Waals surface area contributed by atoms with Crippen molar-refractivity contribution in [1.29, 1.82) is 0 Å². The number of thiol groups is 1. The zero-order chi connectivity index (χ0) is 52.8. The number of carbonyl (C=O) groups is 9. The molecule has 1 aromatic heterocycles. The summed E-state index contributed by atoms with van der Waals surface area (Å²) >= 11 is 4.25. The molecule has 0 saturated carbocycles. The highest BCUT2D eigenvalue weighted by molar-refractivity contribution is 7.80. The quantitative estimate of drug-likeness (QED) is 0.0412. The summed E-state index contributed by atoms with van der Waals surface area (Å²) in [5.74, 6) is -10.1. The van der Waals surface area contributed by atoms with Gasteiger partial charge in [-0.2, -0.15) is 12.6 Å². The second kappa shape index (κ2) is 29.4. The first-order valence-electron chi connectivity index (χ1n) is 23.7. The van der Waals surface area contributed by atoms with Crippen LogP contribution in [0.2, 0.25) is 0 Å². The molecule has 2 aromatic carbocycles. The number of hydrogen-bond donors (Lipinski definition) is 12. The minimum Gasteiger partial charge on any atom is -0.481 e. The molecule has 12 N–H and O–H groups in total. The molecule has 0 aliphatic heterocycles. The third kappa shape index (κ3) is 19.5. The highest BCUT2D eigenvalue weighted by Gasteiger charge is 2.37. The summed E-state index contributed by atoms with van der Waals surface area (Å²) < 4.78 is 0. The van der Waals surface area contributed by atoms with Crippen molar-refractivity contribution in [2.24, 2.45) is 23.5 Å². The van der Waals surface area contributed by atoms with Gasteiger partial charge in [-0.15, -0.1) is 0 Å². The number of benzene rings is 2. The predicted molar refractivity (Wildman–Crippen MR) is 266 cm³/mol. The smallest absolute Gasteiger partial charge is 0.326 e. The zero-order valence-electron chi connectivity index (χ0n) is 41.0. The van der Waals surface area contributed by atoms with Gasteiger partial charge in [0.25, 0.3) is 0 Å². The molecule has 22 heteroatoms. The van der Waals surface area contributed by atoms with E-state index in [2.05, 4.69) is 59.8 Å². The van der Waals surface area contributed by atoms with E-state index in [1.807, 2.05) is 6.07 Å². The van der Waals surface area contributed by atoms with Crippen LogP contribution < -0.4 is 43.0 Å². The Balaban J connectivity index is 1.82. The van der Waals surface area contributed by atoms with E-state index in [1.165, 1.54) is 12.5 Å². The Morgan fingerprint density at radius 3 is 1.52 bits per heavy atom. The Morgan fingerprint density at radius 1 is 0.577 bits per heavy atom. The largest absolute Gasteiger partial charge is 0.481 e. The molecule has 7 amide bonds. The van der Waals surface area contributed by atoms with Crippen molar-refractivity contribution in [3.63, 3.8) is 0 Å². The van der Waals surface area contributed by atoms with Crippen LogP contribution in [0.15, 0.2) is 73.2 Å². The molecule has 0 radical (unpaired) electrons. The lowest BCUT2D eigenvalue weighted by atomic mass is 9.94. The molecule has 0 aliphatic rings. The number of hydrogen-bond acceptors (Lipinski definition) is 12. The maximum atomic E-state index is 14.1. The van der Waals surface area contributed by atoms with Gasteiger partial charge in [0.05, 0.1) is 18.8 Å².